The summed E-state index contributed by atoms with van der Waals surface area (Å²) in [5.41, 5.74) is 5.34. The van der Waals surface area contributed by atoms with Gasteiger partial charge in [-0.25, -0.2) is 4.98 Å². The third kappa shape index (κ3) is 4.04. The first-order valence-electron chi connectivity index (χ1n) is 6.18. The minimum atomic E-state index is -4.54. The third-order valence-corrected chi connectivity index (χ3v) is 2.90. The van der Waals surface area contributed by atoms with E-state index in [0.717, 1.165) is 11.6 Å². The number of pyridine rings is 1. The van der Waals surface area contributed by atoms with Gasteiger partial charge >= 0.3 is 6.18 Å². The molecule has 2 heterocycles. The molecule has 112 valence electrons. The van der Waals surface area contributed by atoms with Crippen LogP contribution in [0.5, 0.6) is 0 Å². The van der Waals surface area contributed by atoms with Gasteiger partial charge in [0.1, 0.15) is 5.82 Å². The fraction of sp³-hybridized carbons (Fsp3) is 0.308. The monoisotopic (exact) mass is 297 g/mol. The van der Waals surface area contributed by atoms with E-state index in [1.165, 1.54) is 0 Å². The van der Waals surface area contributed by atoms with Gasteiger partial charge in [-0.05, 0) is 24.1 Å². The van der Waals surface area contributed by atoms with E-state index in [4.69, 9.17) is 5.73 Å². The molecule has 8 heteroatoms. The first kappa shape index (κ1) is 15.0. The molecule has 0 unspecified atom stereocenters. The molecular weight excluding hydrogens is 283 g/mol. The first-order valence-corrected chi connectivity index (χ1v) is 6.18. The van der Waals surface area contributed by atoms with Crippen LogP contribution in [0.15, 0.2) is 30.6 Å². The molecule has 2 aromatic heterocycles. The Hall–Kier alpha value is -2.38. The summed E-state index contributed by atoms with van der Waals surface area (Å²) in [6, 6.07) is 4.59. The van der Waals surface area contributed by atoms with Crippen molar-refractivity contribution in [2.45, 2.75) is 12.6 Å². The zero-order chi connectivity index (χ0) is 15.5. The Morgan fingerprint density at radius 2 is 1.86 bits per heavy atom. The van der Waals surface area contributed by atoms with Crippen LogP contribution in [0.3, 0.4) is 0 Å². The van der Waals surface area contributed by atoms with Crippen LogP contribution >= 0.6 is 0 Å². The van der Waals surface area contributed by atoms with E-state index in [9.17, 15) is 13.2 Å². The van der Waals surface area contributed by atoms with Gasteiger partial charge in [-0.3, -0.25) is 4.98 Å². The van der Waals surface area contributed by atoms with Crippen LogP contribution in [0, 0.1) is 0 Å². The van der Waals surface area contributed by atoms with Crippen LogP contribution in [0.1, 0.15) is 11.3 Å². The standard InChI is InChI=1S/C13H14F3N5/c1-21(7-4-9-2-5-18-6-3-9)11-8-10(13(14,15)16)19-12(17)20-11/h2-3,5-6,8H,4,7H2,1H3,(H2,17,19,20). The Balaban J connectivity index is 2.12. The molecule has 0 saturated carbocycles. The number of halogens is 3. The fourth-order valence-electron chi connectivity index (χ4n) is 1.75. The minimum Gasteiger partial charge on any atom is -0.368 e. The molecule has 0 aliphatic carbocycles. The van der Waals surface area contributed by atoms with Crippen molar-refractivity contribution in [1.29, 1.82) is 0 Å². The zero-order valence-corrected chi connectivity index (χ0v) is 11.3. The molecule has 2 rings (SSSR count). The van der Waals surface area contributed by atoms with Crippen LogP contribution < -0.4 is 10.6 Å². The largest absolute Gasteiger partial charge is 0.433 e. The molecule has 2 N–H and O–H groups in total. The summed E-state index contributed by atoms with van der Waals surface area (Å²) in [5.74, 6) is -0.250. The van der Waals surface area contributed by atoms with Crippen molar-refractivity contribution < 1.29 is 13.2 Å². The SMILES string of the molecule is CN(CCc1ccncc1)c1cc(C(F)(F)F)nc(N)n1. The Morgan fingerprint density at radius 3 is 2.48 bits per heavy atom. The summed E-state index contributed by atoms with van der Waals surface area (Å²) in [6.07, 6.45) is -0.554. The van der Waals surface area contributed by atoms with Gasteiger partial charge in [-0.2, -0.15) is 18.2 Å². The lowest BCUT2D eigenvalue weighted by molar-refractivity contribution is -0.141. The van der Waals surface area contributed by atoms with Crippen molar-refractivity contribution in [3.05, 3.63) is 41.9 Å². The number of hydrogen-bond donors (Lipinski definition) is 1. The summed E-state index contributed by atoms with van der Waals surface area (Å²) < 4.78 is 38.1. The number of hydrogen-bond acceptors (Lipinski definition) is 5. The molecule has 0 bridgehead atoms. The molecule has 0 fully saturated rings. The number of nitrogen functional groups attached to an aromatic ring is 1. The molecule has 21 heavy (non-hydrogen) atoms. The maximum atomic E-state index is 12.7. The van der Waals surface area contributed by atoms with Crippen molar-refractivity contribution in [2.75, 3.05) is 24.2 Å². The van der Waals surface area contributed by atoms with Crippen molar-refractivity contribution in [2.24, 2.45) is 0 Å². The van der Waals surface area contributed by atoms with Crippen molar-refractivity contribution in [1.82, 2.24) is 15.0 Å². The van der Waals surface area contributed by atoms with Crippen LogP contribution in [-0.2, 0) is 12.6 Å². The van der Waals surface area contributed by atoms with Gasteiger partial charge in [0.25, 0.3) is 0 Å². The van der Waals surface area contributed by atoms with E-state index in [1.54, 1.807) is 24.3 Å². The summed E-state index contributed by atoms with van der Waals surface area (Å²) >= 11 is 0. The Morgan fingerprint density at radius 1 is 1.19 bits per heavy atom. The lowest BCUT2D eigenvalue weighted by atomic mass is 10.2. The normalized spacial score (nSPS) is 11.4. The number of nitrogens with zero attached hydrogens (tertiary/aromatic N) is 4. The highest BCUT2D eigenvalue weighted by atomic mass is 19.4. The predicted octanol–water partition coefficient (Wildman–Crippen LogP) is 2.15. The summed E-state index contributed by atoms with van der Waals surface area (Å²) in [6.45, 7) is 0.498. The lowest BCUT2D eigenvalue weighted by Gasteiger charge is -2.19. The Kier molecular flexibility index (Phi) is 4.25. The van der Waals surface area contributed by atoms with E-state index in [-0.39, 0.29) is 5.82 Å². The molecule has 0 radical (unpaired) electrons. The van der Waals surface area contributed by atoms with Crippen LogP contribution in [0.2, 0.25) is 0 Å². The smallest absolute Gasteiger partial charge is 0.368 e. The predicted molar refractivity (Wildman–Crippen MR) is 72.7 cm³/mol. The van der Waals surface area contributed by atoms with Gasteiger partial charge in [-0.15, -0.1) is 0 Å². The maximum Gasteiger partial charge on any atom is 0.433 e. The highest BCUT2D eigenvalue weighted by Gasteiger charge is 2.33. The van der Waals surface area contributed by atoms with Crippen LogP contribution in [0.25, 0.3) is 0 Å². The number of anilines is 2. The molecule has 0 aliphatic rings. The van der Waals surface area contributed by atoms with E-state index in [2.05, 4.69) is 15.0 Å². The second-order valence-corrected chi connectivity index (χ2v) is 4.49. The van der Waals surface area contributed by atoms with Crippen LogP contribution in [0.4, 0.5) is 24.9 Å². The molecule has 5 nitrogen and oxygen atoms in total. The van der Waals surface area contributed by atoms with Gasteiger partial charge < -0.3 is 10.6 Å². The molecule has 2 aromatic rings. The van der Waals surface area contributed by atoms with Gasteiger partial charge in [0.05, 0.1) is 0 Å². The second-order valence-electron chi connectivity index (χ2n) is 4.49. The number of aromatic nitrogens is 3. The Bertz CT molecular complexity index is 601. The third-order valence-electron chi connectivity index (χ3n) is 2.90. The molecule has 0 amide bonds. The van der Waals surface area contributed by atoms with Gasteiger partial charge in [0, 0.05) is 32.1 Å². The molecule has 0 aliphatic heterocycles. The van der Waals surface area contributed by atoms with Gasteiger partial charge in [-0.1, -0.05) is 0 Å². The van der Waals surface area contributed by atoms with Crippen molar-refractivity contribution >= 4 is 11.8 Å². The van der Waals surface area contributed by atoms with E-state index in [0.29, 0.717) is 13.0 Å². The fourth-order valence-corrected chi connectivity index (χ4v) is 1.75. The first-order chi connectivity index (χ1) is 9.86. The van der Waals surface area contributed by atoms with Gasteiger partial charge in [0.15, 0.2) is 5.69 Å². The van der Waals surface area contributed by atoms with Crippen molar-refractivity contribution in [3.8, 4) is 0 Å². The minimum absolute atomic E-state index is 0.142. The summed E-state index contributed by atoms with van der Waals surface area (Å²) in [7, 11) is 1.66. The topological polar surface area (TPSA) is 67.9 Å². The van der Waals surface area contributed by atoms with E-state index < -0.39 is 17.8 Å². The van der Waals surface area contributed by atoms with Crippen LogP contribution in [-0.4, -0.2) is 28.5 Å². The highest BCUT2D eigenvalue weighted by Crippen LogP contribution is 2.29. The summed E-state index contributed by atoms with van der Waals surface area (Å²) in [5, 5.41) is 0. The highest BCUT2D eigenvalue weighted by molar-refractivity contribution is 5.43. The maximum absolute atomic E-state index is 12.7. The molecule has 0 saturated heterocycles. The molecule has 0 aromatic carbocycles. The molecule has 0 atom stereocenters. The quantitative estimate of drug-likeness (QED) is 0.936. The second kappa shape index (κ2) is 5.94. The van der Waals surface area contributed by atoms with E-state index >= 15 is 0 Å². The molecule has 0 spiro atoms. The van der Waals surface area contributed by atoms with Gasteiger partial charge in [0.2, 0.25) is 5.95 Å². The number of alkyl halides is 3. The number of nitrogens with two attached hydrogens (primary N) is 1. The number of likely N-dealkylation sites (N-methyl/N-ethyl adjacent to an activating group) is 1. The summed E-state index contributed by atoms with van der Waals surface area (Å²) in [4.78, 5) is 12.6. The average molecular weight is 297 g/mol. The number of rotatable bonds is 4. The van der Waals surface area contributed by atoms with Crippen molar-refractivity contribution in [3.63, 3.8) is 0 Å². The Labute approximate surface area is 119 Å². The average Bonchev–Trinajstić information content (AvgIpc) is 2.44. The molecular formula is C13H14F3N5. The lowest BCUT2D eigenvalue weighted by Crippen LogP contribution is -2.23. The zero-order valence-electron chi connectivity index (χ0n) is 11.3. The van der Waals surface area contributed by atoms with E-state index in [1.807, 2.05) is 12.1 Å².